The minimum atomic E-state index is -0.141. The van der Waals surface area contributed by atoms with Crippen molar-refractivity contribution in [2.45, 2.75) is 13.8 Å². The molecule has 162 valence electrons. The number of piperazine rings is 1. The molecule has 5 rings (SSSR count). The number of hydrogen-bond acceptors (Lipinski definition) is 7. The number of carbonyl (C=O) groups is 1. The van der Waals surface area contributed by atoms with E-state index in [0.29, 0.717) is 11.3 Å². The number of pyridine rings is 3. The van der Waals surface area contributed by atoms with E-state index in [4.69, 9.17) is 0 Å². The van der Waals surface area contributed by atoms with Gasteiger partial charge < -0.3 is 20.9 Å². The summed E-state index contributed by atoms with van der Waals surface area (Å²) in [5.41, 5.74) is 6.58. The van der Waals surface area contributed by atoms with E-state index in [-0.39, 0.29) is 5.91 Å². The molecule has 0 bridgehead atoms. The second-order valence-electron chi connectivity index (χ2n) is 8.03. The monoisotopic (exact) mass is 427 g/mol. The molecule has 2 aliphatic rings. The van der Waals surface area contributed by atoms with Crippen molar-refractivity contribution >= 4 is 28.7 Å². The summed E-state index contributed by atoms with van der Waals surface area (Å²) >= 11 is 0. The molecule has 0 saturated carbocycles. The molecule has 8 heteroatoms. The van der Waals surface area contributed by atoms with Gasteiger partial charge in [-0.15, -0.1) is 0 Å². The standard InChI is InChI=1S/C24H25N7O/c1-15-5-6-26-13-19(15)20-11-18-21(14-27-20)30-24(32)23(18)16(2)29-17-3-4-22(28-12-17)31-9-7-25-8-10-31/h3-6,11-14,25,29H,7-10H2,1-2H3,(H,30,32)/b23-16-. The van der Waals surface area contributed by atoms with Crippen LogP contribution in [-0.4, -0.2) is 47.0 Å². The highest BCUT2D eigenvalue weighted by Gasteiger charge is 2.27. The van der Waals surface area contributed by atoms with E-state index in [1.807, 2.05) is 44.3 Å². The van der Waals surface area contributed by atoms with Crippen LogP contribution in [-0.2, 0) is 4.79 Å². The average Bonchev–Trinajstić information content (AvgIpc) is 3.15. The lowest BCUT2D eigenvalue weighted by Gasteiger charge is -2.28. The Morgan fingerprint density at radius 3 is 2.66 bits per heavy atom. The lowest BCUT2D eigenvalue weighted by atomic mass is 10.0. The lowest BCUT2D eigenvalue weighted by Crippen LogP contribution is -2.43. The molecule has 3 aromatic rings. The number of nitrogens with zero attached hydrogens (tertiary/aromatic N) is 4. The Hall–Kier alpha value is -3.78. The Balaban J connectivity index is 1.43. The van der Waals surface area contributed by atoms with Crippen LogP contribution in [0.1, 0.15) is 18.1 Å². The van der Waals surface area contributed by atoms with E-state index < -0.39 is 0 Å². The van der Waals surface area contributed by atoms with Crippen LogP contribution in [0.3, 0.4) is 0 Å². The largest absolute Gasteiger partial charge is 0.357 e. The minimum absolute atomic E-state index is 0.141. The Labute approximate surface area is 186 Å². The number of nitrogens with one attached hydrogen (secondary N) is 3. The Kier molecular flexibility index (Phi) is 5.28. The molecule has 8 nitrogen and oxygen atoms in total. The van der Waals surface area contributed by atoms with E-state index >= 15 is 0 Å². The second kappa shape index (κ2) is 8.39. The average molecular weight is 428 g/mol. The number of anilines is 3. The van der Waals surface area contributed by atoms with Crippen molar-refractivity contribution in [2.75, 3.05) is 41.7 Å². The molecule has 0 aliphatic carbocycles. The number of aromatic nitrogens is 3. The summed E-state index contributed by atoms with van der Waals surface area (Å²) in [5.74, 6) is 0.825. The summed E-state index contributed by atoms with van der Waals surface area (Å²) < 4.78 is 0. The van der Waals surface area contributed by atoms with Gasteiger partial charge in [-0.2, -0.15) is 0 Å². The van der Waals surface area contributed by atoms with E-state index in [2.05, 4.69) is 35.8 Å². The molecule has 2 aliphatic heterocycles. The van der Waals surface area contributed by atoms with Gasteiger partial charge in [-0.25, -0.2) is 4.98 Å². The van der Waals surface area contributed by atoms with Crippen LogP contribution in [0.15, 0.2) is 54.7 Å². The fourth-order valence-corrected chi connectivity index (χ4v) is 4.14. The molecule has 0 spiro atoms. The van der Waals surface area contributed by atoms with Crippen molar-refractivity contribution in [3.63, 3.8) is 0 Å². The first kappa shape index (κ1) is 20.1. The van der Waals surface area contributed by atoms with Gasteiger partial charge in [0.2, 0.25) is 0 Å². The number of aryl methyl sites for hydroxylation is 1. The number of hydrogen-bond donors (Lipinski definition) is 3. The lowest BCUT2D eigenvalue weighted by molar-refractivity contribution is -0.110. The SMILES string of the molecule is C/C(Nc1ccc(N2CCNCC2)nc1)=C1/C(=O)Nc2cnc(-c3cnccc3C)cc21. The van der Waals surface area contributed by atoms with Crippen LogP contribution in [0.2, 0.25) is 0 Å². The third-order valence-electron chi connectivity index (χ3n) is 5.86. The first-order valence-corrected chi connectivity index (χ1v) is 10.7. The number of fused-ring (bicyclic) bond motifs is 1. The maximum atomic E-state index is 12.8. The maximum absolute atomic E-state index is 12.8. The number of rotatable bonds is 4. The van der Waals surface area contributed by atoms with Crippen molar-refractivity contribution in [1.82, 2.24) is 20.3 Å². The first-order chi connectivity index (χ1) is 15.6. The molecule has 0 radical (unpaired) electrons. The highest BCUT2D eigenvalue weighted by Crippen LogP contribution is 2.36. The summed E-state index contributed by atoms with van der Waals surface area (Å²) in [4.78, 5) is 28.4. The van der Waals surface area contributed by atoms with Crippen LogP contribution >= 0.6 is 0 Å². The molecular formula is C24H25N7O. The highest BCUT2D eigenvalue weighted by atomic mass is 16.2. The molecule has 0 aromatic carbocycles. The molecule has 3 N–H and O–H groups in total. The third-order valence-corrected chi connectivity index (χ3v) is 5.86. The van der Waals surface area contributed by atoms with E-state index in [9.17, 15) is 4.79 Å². The van der Waals surface area contributed by atoms with Crippen LogP contribution in [0, 0.1) is 6.92 Å². The van der Waals surface area contributed by atoms with E-state index in [1.165, 1.54) is 0 Å². The van der Waals surface area contributed by atoms with Gasteiger partial charge in [0, 0.05) is 55.4 Å². The van der Waals surface area contributed by atoms with Crippen LogP contribution < -0.4 is 20.9 Å². The molecular weight excluding hydrogens is 402 g/mol. The van der Waals surface area contributed by atoms with Gasteiger partial charge in [0.05, 0.1) is 35.0 Å². The molecule has 0 unspecified atom stereocenters. The van der Waals surface area contributed by atoms with Gasteiger partial charge in [0.15, 0.2) is 0 Å². The fraction of sp³-hybridized carbons (Fsp3) is 0.250. The summed E-state index contributed by atoms with van der Waals surface area (Å²) in [6, 6.07) is 7.92. The Bertz CT molecular complexity index is 1200. The zero-order valence-electron chi connectivity index (χ0n) is 18.1. The molecule has 5 heterocycles. The quantitative estimate of drug-likeness (QED) is 0.551. The Morgan fingerprint density at radius 1 is 1.06 bits per heavy atom. The minimum Gasteiger partial charge on any atom is -0.357 e. The van der Waals surface area contributed by atoms with E-state index in [1.54, 1.807) is 18.6 Å². The summed E-state index contributed by atoms with van der Waals surface area (Å²) in [6.45, 7) is 7.77. The van der Waals surface area contributed by atoms with Crippen LogP contribution in [0.5, 0.6) is 0 Å². The van der Waals surface area contributed by atoms with Gasteiger partial charge >= 0.3 is 0 Å². The normalized spacial score (nSPS) is 17.1. The molecule has 32 heavy (non-hydrogen) atoms. The van der Waals surface area contributed by atoms with Gasteiger partial charge in [-0.05, 0) is 43.7 Å². The third kappa shape index (κ3) is 3.80. The summed E-state index contributed by atoms with van der Waals surface area (Å²) in [7, 11) is 0. The molecule has 1 amide bonds. The van der Waals surface area contributed by atoms with Crippen LogP contribution in [0.4, 0.5) is 17.2 Å². The maximum Gasteiger partial charge on any atom is 0.258 e. The fourth-order valence-electron chi connectivity index (χ4n) is 4.14. The van der Waals surface area contributed by atoms with Crippen molar-refractivity contribution in [3.05, 3.63) is 65.9 Å². The zero-order chi connectivity index (χ0) is 22.1. The van der Waals surface area contributed by atoms with Gasteiger partial charge in [0.1, 0.15) is 5.82 Å². The second-order valence-corrected chi connectivity index (χ2v) is 8.03. The first-order valence-electron chi connectivity index (χ1n) is 10.7. The predicted molar refractivity (Wildman–Crippen MR) is 126 cm³/mol. The summed E-state index contributed by atoms with van der Waals surface area (Å²) in [5, 5.41) is 9.61. The summed E-state index contributed by atoms with van der Waals surface area (Å²) in [6.07, 6.45) is 7.08. The van der Waals surface area contributed by atoms with Crippen molar-refractivity contribution in [3.8, 4) is 11.3 Å². The number of amides is 1. The molecule has 1 saturated heterocycles. The van der Waals surface area contributed by atoms with Gasteiger partial charge in [-0.1, -0.05) is 0 Å². The van der Waals surface area contributed by atoms with Gasteiger partial charge in [-0.3, -0.25) is 14.8 Å². The zero-order valence-corrected chi connectivity index (χ0v) is 18.1. The van der Waals surface area contributed by atoms with Gasteiger partial charge in [0.25, 0.3) is 5.91 Å². The van der Waals surface area contributed by atoms with Crippen molar-refractivity contribution in [2.24, 2.45) is 0 Å². The molecule has 3 aromatic heterocycles. The molecule has 1 fully saturated rings. The molecule has 0 atom stereocenters. The van der Waals surface area contributed by atoms with Crippen LogP contribution in [0.25, 0.3) is 16.8 Å². The highest BCUT2D eigenvalue weighted by molar-refractivity contribution is 6.32. The Morgan fingerprint density at radius 2 is 1.91 bits per heavy atom. The number of carbonyl (C=O) groups excluding carboxylic acids is 1. The van der Waals surface area contributed by atoms with Crippen molar-refractivity contribution in [1.29, 1.82) is 0 Å². The smallest absolute Gasteiger partial charge is 0.258 e. The topological polar surface area (TPSA) is 95.1 Å². The van der Waals surface area contributed by atoms with Crippen molar-refractivity contribution < 1.29 is 4.79 Å². The van der Waals surface area contributed by atoms with E-state index in [0.717, 1.165) is 65.8 Å². The number of allylic oxidation sites excluding steroid dienone is 1. The predicted octanol–water partition coefficient (Wildman–Crippen LogP) is 3.05.